The van der Waals surface area contributed by atoms with E-state index in [1.807, 2.05) is 18.2 Å². The third-order valence-electron chi connectivity index (χ3n) is 3.52. The van der Waals surface area contributed by atoms with E-state index in [4.69, 9.17) is 4.74 Å². The highest BCUT2D eigenvalue weighted by Crippen LogP contribution is 2.13. The summed E-state index contributed by atoms with van der Waals surface area (Å²) in [6.07, 6.45) is -0.153. The Kier molecular flexibility index (Phi) is 5.63. The van der Waals surface area contributed by atoms with Gasteiger partial charge in [0, 0.05) is 6.20 Å². The molecule has 7 heteroatoms. The third-order valence-corrected chi connectivity index (χ3v) is 3.52. The normalized spacial score (nSPS) is 25.8. The predicted molar refractivity (Wildman–Crippen MR) is 75.3 cm³/mol. The molecule has 1 aromatic heterocycles. The summed E-state index contributed by atoms with van der Waals surface area (Å²) in [6, 6.07) is 5.11. The second-order valence-electron chi connectivity index (χ2n) is 5.18. The molecule has 0 aromatic carbocycles. The fraction of sp³-hybridized carbons (Fsp3) is 0.571. The van der Waals surface area contributed by atoms with Crippen LogP contribution in [-0.2, 0) is 16.1 Å². The molecule has 7 nitrogen and oxygen atoms in total. The lowest BCUT2D eigenvalue weighted by Gasteiger charge is -2.37. The second-order valence-corrected chi connectivity index (χ2v) is 5.18. The minimum absolute atomic E-state index is 0.116. The monoisotopic (exact) mass is 295 g/mol. The van der Waals surface area contributed by atoms with E-state index in [1.54, 1.807) is 18.1 Å². The van der Waals surface area contributed by atoms with Crippen molar-refractivity contribution in [2.75, 3.05) is 26.8 Å². The average molecular weight is 295 g/mol. The van der Waals surface area contributed by atoms with Crippen molar-refractivity contribution in [2.45, 2.75) is 24.8 Å². The highest BCUT2D eigenvalue weighted by Gasteiger charge is 2.34. The Labute approximate surface area is 123 Å². The van der Waals surface area contributed by atoms with Gasteiger partial charge >= 0.3 is 0 Å². The van der Waals surface area contributed by atoms with Gasteiger partial charge in [-0.1, -0.05) is 6.07 Å². The highest BCUT2D eigenvalue weighted by molar-refractivity contribution is 5.77. The maximum absolute atomic E-state index is 11.9. The number of likely N-dealkylation sites (N-methyl/N-ethyl adjacent to an activating group) is 1. The van der Waals surface area contributed by atoms with E-state index in [-0.39, 0.29) is 19.1 Å². The van der Waals surface area contributed by atoms with Gasteiger partial charge in [0.25, 0.3) is 0 Å². The van der Waals surface area contributed by atoms with Crippen molar-refractivity contribution in [3.8, 4) is 0 Å². The number of carbonyl (C=O) groups is 1. The van der Waals surface area contributed by atoms with E-state index in [1.165, 1.54) is 0 Å². The number of aliphatic hydroxyl groups is 2. The summed E-state index contributed by atoms with van der Waals surface area (Å²) in [6.45, 7) is 0.893. The van der Waals surface area contributed by atoms with Crippen LogP contribution >= 0.6 is 0 Å². The Morgan fingerprint density at radius 3 is 3.00 bits per heavy atom. The SMILES string of the molecule is CN(CC(=O)NCc1ccccn1)[C@@H]1COC[C@@H](O)[C@H]1O. The number of nitrogens with one attached hydrogen (secondary N) is 1. The molecule has 21 heavy (non-hydrogen) atoms. The van der Waals surface area contributed by atoms with Gasteiger partial charge in [-0.25, -0.2) is 0 Å². The molecule has 0 aliphatic carbocycles. The molecule has 0 spiro atoms. The van der Waals surface area contributed by atoms with Gasteiger partial charge in [0.15, 0.2) is 0 Å². The number of ether oxygens (including phenoxy) is 1. The Bertz CT molecular complexity index is 457. The maximum atomic E-state index is 11.9. The van der Waals surface area contributed by atoms with E-state index in [0.29, 0.717) is 13.2 Å². The zero-order valence-corrected chi connectivity index (χ0v) is 12.0. The van der Waals surface area contributed by atoms with Crippen LogP contribution in [0.3, 0.4) is 0 Å². The minimum Gasteiger partial charge on any atom is -0.389 e. The predicted octanol–water partition coefficient (Wildman–Crippen LogP) is -1.25. The van der Waals surface area contributed by atoms with Crippen molar-refractivity contribution < 1.29 is 19.7 Å². The zero-order chi connectivity index (χ0) is 15.2. The van der Waals surface area contributed by atoms with Gasteiger partial charge in [0.1, 0.15) is 6.10 Å². The van der Waals surface area contributed by atoms with Crippen LogP contribution in [0.2, 0.25) is 0 Å². The summed E-state index contributed by atoms with van der Waals surface area (Å²) in [5, 5.41) is 22.3. The maximum Gasteiger partial charge on any atom is 0.234 e. The van der Waals surface area contributed by atoms with Gasteiger partial charge in [-0.3, -0.25) is 14.7 Å². The summed E-state index contributed by atoms with van der Waals surface area (Å²) in [5.74, 6) is -0.171. The molecule has 1 aromatic rings. The first kappa shape index (κ1) is 15.8. The average Bonchev–Trinajstić information content (AvgIpc) is 2.49. The van der Waals surface area contributed by atoms with Crippen molar-refractivity contribution in [1.29, 1.82) is 0 Å². The number of hydrogen-bond acceptors (Lipinski definition) is 6. The Morgan fingerprint density at radius 2 is 2.29 bits per heavy atom. The quantitative estimate of drug-likeness (QED) is 0.628. The molecule has 0 bridgehead atoms. The smallest absolute Gasteiger partial charge is 0.234 e. The number of aromatic nitrogens is 1. The Balaban J connectivity index is 1.79. The largest absolute Gasteiger partial charge is 0.389 e. The van der Waals surface area contributed by atoms with Gasteiger partial charge in [-0.15, -0.1) is 0 Å². The van der Waals surface area contributed by atoms with Crippen molar-refractivity contribution in [2.24, 2.45) is 0 Å². The first-order valence-electron chi connectivity index (χ1n) is 6.88. The molecule has 1 aliphatic heterocycles. The lowest BCUT2D eigenvalue weighted by Crippen LogP contribution is -2.56. The highest BCUT2D eigenvalue weighted by atomic mass is 16.5. The van der Waals surface area contributed by atoms with Crippen LogP contribution in [0.15, 0.2) is 24.4 Å². The van der Waals surface area contributed by atoms with Crippen LogP contribution in [0.4, 0.5) is 0 Å². The molecule has 0 radical (unpaired) electrons. The van der Waals surface area contributed by atoms with Gasteiger partial charge in [0.2, 0.25) is 5.91 Å². The first-order valence-corrected chi connectivity index (χ1v) is 6.88. The second kappa shape index (κ2) is 7.46. The summed E-state index contributed by atoms with van der Waals surface area (Å²) >= 11 is 0. The van der Waals surface area contributed by atoms with Crippen molar-refractivity contribution in [1.82, 2.24) is 15.2 Å². The minimum atomic E-state index is -0.914. The number of carbonyl (C=O) groups excluding carboxylic acids is 1. The van der Waals surface area contributed by atoms with Gasteiger partial charge < -0.3 is 20.3 Å². The van der Waals surface area contributed by atoms with Crippen LogP contribution in [0, 0.1) is 0 Å². The fourth-order valence-electron chi connectivity index (χ4n) is 2.24. The third kappa shape index (κ3) is 4.47. The van der Waals surface area contributed by atoms with Gasteiger partial charge in [-0.2, -0.15) is 0 Å². The molecule has 1 aliphatic rings. The fourth-order valence-corrected chi connectivity index (χ4v) is 2.24. The van der Waals surface area contributed by atoms with Crippen LogP contribution in [-0.4, -0.2) is 71.1 Å². The van der Waals surface area contributed by atoms with Crippen molar-refractivity contribution >= 4 is 5.91 Å². The van der Waals surface area contributed by atoms with Crippen molar-refractivity contribution in [3.05, 3.63) is 30.1 Å². The number of nitrogens with zero attached hydrogens (tertiary/aromatic N) is 2. The van der Waals surface area contributed by atoms with Crippen molar-refractivity contribution in [3.63, 3.8) is 0 Å². The summed E-state index contributed by atoms with van der Waals surface area (Å²) in [7, 11) is 1.72. The van der Waals surface area contributed by atoms with Crippen LogP contribution < -0.4 is 5.32 Å². The molecule has 116 valence electrons. The number of amides is 1. The van der Waals surface area contributed by atoms with E-state index in [2.05, 4.69) is 10.3 Å². The molecule has 2 heterocycles. The molecule has 0 unspecified atom stereocenters. The standard InChI is InChI=1S/C14H21N3O4/c1-17(11-8-21-9-12(18)14(11)20)7-13(19)16-6-10-4-2-3-5-15-10/h2-5,11-12,14,18,20H,6-9H2,1H3,(H,16,19)/t11-,12-,14+/m1/s1. The Hall–Kier alpha value is -1.54. The zero-order valence-electron chi connectivity index (χ0n) is 12.0. The van der Waals surface area contributed by atoms with E-state index in [9.17, 15) is 15.0 Å². The molecular formula is C14H21N3O4. The molecule has 0 saturated carbocycles. The molecule has 1 amide bonds. The van der Waals surface area contributed by atoms with Gasteiger partial charge in [0.05, 0.1) is 44.1 Å². The van der Waals surface area contributed by atoms with E-state index in [0.717, 1.165) is 5.69 Å². The number of hydrogen-bond donors (Lipinski definition) is 3. The lowest BCUT2D eigenvalue weighted by atomic mass is 10.0. The van der Waals surface area contributed by atoms with E-state index >= 15 is 0 Å². The molecule has 2 rings (SSSR count). The van der Waals surface area contributed by atoms with Crippen LogP contribution in [0.5, 0.6) is 0 Å². The summed E-state index contributed by atoms with van der Waals surface area (Å²) in [5.41, 5.74) is 0.782. The topological polar surface area (TPSA) is 94.9 Å². The molecule has 1 saturated heterocycles. The summed E-state index contributed by atoms with van der Waals surface area (Å²) < 4.78 is 5.20. The van der Waals surface area contributed by atoms with E-state index < -0.39 is 18.2 Å². The number of pyridine rings is 1. The van der Waals surface area contributed by atoms with Crippen LogP contribution in [0.1, 0.15) is 5.69 Å². The number of rotatable bonds is 5. The van der Waals surface area contributed by atoms with Gasteiger partial charge in [-0.05, 0) is 19.2 Å². The summed E-state index contributed by atoms with van der Waals surface area (Å²) in [4.78, 5) is 17.7. The molecule has 3 atom stereocenters. The number of aliphatic hydroxyl groups excluding tert-OH is 2. The first-order chi connectivity index (χ1) is 10.1. The Morgan fingerprint density at radius 1 is 1.48 bits per heavy atom. The van der Waals surface area contributed by atoms with Crippen LogP contribution in [0.25, 0.3) is 0 Å². The molecule has 3 N–H and O–H groups in total. The molecule has 1 fully saturated rings. The molecular weight excluding hydrogens is 274 g/mol. The lowest BCUT2D eigenvalue weighted by molar-refractivity contribution is -0.137.